The Morgan fingerprint density at radius 2 is 2.12 bits per heavy atom. The fourth-order valence-electron chi connectivity index (χ4n) is 1.55. The lowest BCUT2D eigenvalue weighted by atomic mass is 10.1. The molecule has 1 aromatic carbocycles. The third kappa shape index (κ3) is 3.65. The molecular formula is C13H17FO2. The second-order valence-corrected chi connectivity index (χ2v) is 3.76. The number of carbonyl (C=O) groups excluding carboxylic acids is 1. The highest BCUT2D eigenvalue weighted by molar-refractivity contribution is 5.78. The van der Waals surface area contributed by atoms with Crippen LogP contribution in [0, 0.1) is 5.82 Å². The number of Topliss-reactive ketones (excluding diaryl/α,β-unsaturated/α-hetero) is 1. The van der Waals surface area contributed by atoms with Crippen LogP contribution in [0.3, 0.4) is 0 Å². The molecule has 0 bridgehead atoms. The standard InChI is InChI=1S/C13H17FO2/c1-3-4-11(15)7-5-10-6-8-13(16-2)12(14)9-10/h6,8-9H,3-5,7H2,1-2H3. The summed E-state index contributed by atoms with van der Waals surface area (Å²) in [5, 5.41) is 0. The number of aryl methyl sites for hydroxylation is 1. The fraction of sp³-hybridized carbons (Fsp3) is 0.462. The molecule has 0 spiro atoms. The number of ether oxygens (including phenoxy) is 1. The molecule has 88 valence electrons. The fourth-order valence-corrected chi connectivity index (χ4v) is 1.55. The van der Waals surface area contributed by atoms with Gasteiger partial charge >= 0.3 is 0 Å². The third-order valence-corrected chi connectivity index (χ3v) is 2.44. The second-order valence-electron chi connectivity index (χ2n) is 3.76. The maximum Gasteiger partial charge on any atom is 0.165 e. The molecule has 0 amide bonds. The van der Waals surface area contributed by atoms with Crippen molar-refractivity contribution in [2.24, 2.45) is 0 Å². The molecule has 2 nitrogen and oxygen atoms in total. The van der Waals surface area contributed by atoms with E-state index in [0.29, 0.717) is 19.3 Å². The quantitative estimate of drug-likeness (QED) is 0.742. The lowest BCUT2D eigenvalue weighted by Crippen LogP contribution is -2.00. The summed E-state index contributed by atoms with van der Waals surface area (Å²) in [6.45, 7) is 1.98. The summed E-state index contributed by atoms with van der Waals surface area (Å²) in [7, 11) is 1.43. The smallest absolute Gasteiger partial charge is 0.165 e. The van der Waals surface area contributed by atoms with Crippen LogP contribution < -0.4 is 4.74 Å². The molecule has 0 radical (unpaired) electrons. The normalized spacial score (nSPS) is 10.2. The van der Waals surface area contributed by atoms with Gasteiger partial charge < -0.3 is 4.74 Å². The van der Waals surface area contributed by atoms with Gasteiger partial charge in [0.1, 0.15) is 5.78 Å². The molecule has 0 saturated carbocycles. The topological polar surface area (TPSA) is 26.3 Å². The summed E-state index contributed by atoms with van der Waals surface area (Å²) < 4.78 is 18.1. The molecule has 16 heavy (non-hydrogen) atoms. The van der Waals surface area contributed by atoms with Gasteiger partial charge in [-0.3, -0.25) is 4.79 Å². The molecule has 0 aromatic heterocycles. The Labute approximate surface area is 95.4 Å². The molecule has 0 heterocycles. The number of halogens is 1. The van der Waals surface area contributed by atoms with Crippen LogP contribution in [0.2, 0.25) is 0 Å². The van der Waals surface area contributed by atoms with Gasteiger partial charge in [0.25, 0.3) is 0 Å². The first-order valence-corrected chi connectivity index (χ1v) is 5.51. The van der Waals surface area contributed by atoms with Crippen molar-refractivity contribution in [2.45, 2.75) is 32.6 Å². The lowest BCUT2D eigenvalue weighted by molar-refractivity contribution is -0.119. The monoisotopic (exact) mass is 224 g/mol. The molecule has 3 heteroatoms. The Balaban J connectivity index is 2.55. The number of benzene rings is 1. The minimum atomic E-state index is -0.372. The molecular weight excluding hydrogens is 207 g/mol. The van der Waals surface area contributed by atoms with Gasteiger partial charge in [0.05, 0.1) is 7.11 Å². The van der Waals surface area contributed by atoms with Gasteiger partial charge in [-0.15, -0.1) is 0 Å². The summed E-state index contributed by atoms with van der Waals surface area (Å²) in [6.07, 6.45) is 2.56. The third-order valence-electron chi connectivity index (χ3n) is 2.44. The molecule has 0 saturated heterocycles. The van der Waals surface area contributed by atoms with Crippen molar-refractivity contribution in [3.8, 4) is 5.75 Å². The zero-order valence-corrected chi connectivity index (χ0v) is 9.75. The van der Waals surface area contributed by atoms with Crippen molar-refractivity contribution in [1.82, 2.24) is 0 Å². The predicted octanol–water partition coefficient (Wildman–Crippen LogP) is 3.14. The first-order chi connectivity index (χ1) is 7.67. The van der Waals surface area contributed by atoms with E-state index in [0.717, 1.165) is 12.0 Å². The Hall–Kier alpha value is -1.38. The number of rotatable bonds is 6. The van der Waals surface area contributed by atoms with Crippen LogP contribution in [0.25, 0.3) is 0 Å². The number of hydrogen-bond donors (Lipinski definition) is 0. The maximum absolute atomic E-state index is 13.3. The Morgan fingerprint density at radius 1 is 1.38 bits per heavy atom. The Bertz CT molecular complexity index is 361. The predicted molar refractivity (Wildman–Crippen MR) is 61.2 cm³/mol. The van der Waals surface area contributed by atoms with E-state index in [1.165, 1.54) is 13.2 Å². The molecule has 1 aromatic rings. The van der Waals surface area contributed by atoms with Crippen LogP contribution in [0.15, 0.2) is 18.2 Å². The molecule has 0 aliphatic carbocycles. The summed E-state index contributed by atoms with van der Waals surface area (Å²) in [5.41, 5.74) is 0.836. The molecule has 0 fully saturated rings. The highest BCUT2D eigenvalue weighted by Crippen LogP contribution is 2.18. The summed E-state index contributed by atoms with van der Waals surface area (Å²) >= 11 is 0. The van der Waals surface area contributed by atoms with E-state index in [1.807, 2.05) is 6.92 Å². The molecule has 0 aliphatic heterocycles. The van der Waals surface area contributed by atoms with Crippen molar-refractivity contribution in [2.75, 3.05) is 7.11 Å². The van der Waals surface area contributed by atoms with Crippen LogP contribution in [0.1, 0.15) is 31.7 Å². The van der Waals surface area contributed by atoms with E-state index in [2.05, 4.69) is 0 Å². The summed E-state index contributed by atoms with van der Waals surface area (Å²) in [5.74, 6) is 0.102. The first-order valence-electron chi connectivity index (χ1n) is 5.51. The van der Waals surface area contributed by atoms with Gasteiger partial charge in [-0.2, -0.15) is 0 Å². The molecule has 0 N–H and O–H groups in total. The van der Waals surface area contributed by atoms with Gasteiger partial charge in [-0.05, 0) is 30.5 Å². The van der Waals surface area contributed by atoms with E-state index >= 15 is 0 Å². The number of methoxy groups -OCH3 is 1. The Morgan fingerprint density at radius 3 is 2.69 bits per heavy atom. The van der Waals surface area contributed by atoms with Crippen molar-refractivity contribution in [3.63, 3.8) is 0 Å². The van der Waals surface area contributed by atoms with Gasteiger partial charge in [0.15, 0.2) is 11.6 Å². The van der Waals surface area contributed by atoms with E-state index in [9.17, 15) is 9.18 Å². The van der Waals surface area contributed by atoms with Crippen LogP contribution in [0.4, 0.5) is 4.39 Å². The van der Waals surface area contributed by atoms with Crippen LogP contribution in [-0.4, -0.2) is 12.9 Å². The zero-order chi connectivity index (χ0) is 12.0. The molecule has 0 unspecified atom stereocenters. The van der Waals surface area contributed by atoms with E-state index in [4.69, 9.17) is 4.74 Å². The highest BCUT2D eigenvalue weighted by atomic mass is 19.1. The van der Waals surface area contributed by atoms with E-state index < -0.39 is 0 Å². The van der Waals surface area contributed by atoms with Gasteiger partial charge in [-0.1, -0.05) is 13.0 Å². The largest absolute Gasteiger partial charge is 0.494 e. The second kappa shape index (κ2) is 6.26. The SMILES string of the molecule is CCCC(=O)CCc1ccc(OC)c(F)c1. The van der Waals surface area contributed by atoms with Crippen molar-refractivity contribution in [3.05, 3.63) is 29.6 Å². The van der Waals surface area contributed by atoms with Crippen LogP contribution in [0.5, 0.6) is 5.75 Å². The Kier molecular flexibility index (Phi) is 4.96. The van der Waals surface area contributed by atoms with E-state index in [1.54, 1.807) is 12.1 Å². The van der Waals surface area contributed by atoms with Crippen molar-refractivity contribution in [1.29, 1.82) is 0 Å². The minimum Gasteiger partial charge on any atom is -0.494 e. The number of ketones is 1. The summed E-state index contributed by atoms with van der Waals surface area (Å²) in [6, 6.07) is 4.81. The first kappa shape index (κ1) is 12.7. The minimum absolute atomic E-state index is 0.235. The molecule has 0 aliphatic rings. The zero-order valence-electron chi connectivity index (χ0n) is 9.75. The van der Waals surface area contributed by atoms with Crippen LogP contribution in [-0.2, 0) is 11.2 Å². The van der Waals surface area contributed by atoms with Crippen molar-refractivity contribution < 1.29 is 13.9 Å². The average Bonchev–Trinajstić information content (AvgIpc) is 2.27. The molecule has 0 atom stereocenters. The van der Waals surface area contributed by atoms with Crippen molar-refractivity contribution >= 4 is 5.78 Å². The van der Waals surface area contributed by atoms with E-state index in [-0.39, 0.29) is 17.3 Å². The lowest BCUT2D eigenvalue weighted by Gasteiger charge is -2.04. The highest BCUT2D eigenvalue weighted by Gasteiger charge is 2.05. The average molecular weight is 224 g/mol. The van der Waals surface area contributed by atoms with Gasteiger partial charge in [-0.25, -0.2) is 4.39 Å². The van der Waals surface area contributed by atoms with Gasteiger partial charge in [0, 0.05) is 12.8 Å². The molecule has 1 rings (SSSR count). The van der Waals surface area contributed by atoms with Crippen LogP contribution >= 0.6 is 0 Å². The number of hydrogen-bond acceptors (Lipinski definition) is 2. The summed E-state index contributed by atoms with van der Waals surface area (Å²) in [4.78, 5) is 11.3. The number of carbonyl (C=O) groups is 1. The maximum atomic E-state index is 13.3. The van der Waals surface area contributed by atoms with Gasteiger partial charge in [0.2, 0.25) is 0 Å².